The number of likely N-dealkylation sites (tertiary alicyclic amines) is 1. The number of aliphatic hydroxyl groups excluding tert-OH is 1. The zero-order chi connectivity index (χ0) is 28.8. The molecule has 40 heavy (non-hydrogen) atoms. The summed E-state index contributed by atoms with van der Waals surface area (Å²) in [4.78, 5) is 41.4. The molecule has 1 aliphatic heterocycles. The Morgan fingerprint density at radius 1 is 1.00 bits per heavy atom. The molecule has 222 valence electrons. The number of nitrogens with zero attached hydrogens (tertiary/aromatic N) is 1. The number of benzene rings is 2. The van der Waals surface area contributed by atoms with Gasteiger partial charge in [0.2, 0.25) is 17.7 Å². The van der Waals surface area contributed by atoms with Gasteiger partial charge < -0.3 is 26.0 Å². The summed E-state index contributed by atoms with van der Waals surface area (Å²) in [6, 6.07) is 12.5. The predicted octanol–water partition coefficient (Wildman–Crippen LogP) is 3.44. The van der Waals surface area contributed by atoms with Crippen molar-refractivity contribution in [3.8, 4) is 0 Å². The van der Waals surface area contributed by atoms with Crippen LogP contribution in [0.15, 0.2) is 42.5 Å². The molecule has 0 saturated carbocycles. The maximum Gasteiger partial charge on any atom is 0.243 e. The van der Waals surface area contributed by atoms with E-state index in [1.807, 2.05) is 63.2 Å². The first kappa shape index (κ1) is 33.5. The number of nitrogens with one attached hydrogen (secondary N) is 3. The van der Waals surface area contributed by atoms with Gasteiger partial charge in [0.15, 0.2) is 0 Å². The lowest BCUT2D eigenvalue weighted by Gasteiger charge is -2.31. The highest BCUT2D eigenvalue weighted by Gasteiger charge is 2.39. The molecule has 3 amide bonds. The lowest BCUT2D eigenvalue weighted by Crippen LogP contribution is -2.55. The predicted molar refractivity (Wildman–Crippen MR) is 162 cm³/mol. The summed E-state index contributed by atoms with van der Waals surface area (Å²) >= 11 is 0. The fourth-order valence-electron chi connectivity index (χ4n) is 4.82. The van der Waals surface area contributed by atoms with Crippen LogP contribution < -0.4 is 16.0 Å². The number of carbonyl (C=O) groups is 3. The molecular weight excluding hydrogens is 528 g/mol. The first-order valence-electron chi connectivity index (χ1n) is 14.0. The van der Waals surface area contributed by atoms with Gasteiger partial charge in [0.25, 0.3) is 0 Å². The highest BCUT2D eigenvalue weighted by atomic mass is 35.5. The smallest absolute Gasteiger partial charge is 0.243 e. The van der Waals surface area contributed by atoms with Crippen LogP contribution in [0.2, 0.25) is 0 Å². The van der Waals surface area contributed by atoms with Gasteiger partial charge in [-0.2, -0.15) is 0 Å². The van der Waals surface area contributed by atoms with E-state index in [1.54, 1.807) is 4.90 Å². The van der Waals surface area contributed by atoms with E-state index in [1.165, 1.54) is 0 Å². The third-order valence-corrected chi connectivity index (χ3v) is 6.89. The van der Waals surface area contributed by atoms with Gasteiger partial charge in [-0.1, -0.05) is 84.0 Å². The topological polar surface area (TPSA) is 111 Å². The standard InChI is InChI=1S/C31H46N4O4.ClH/c1-30(2,3)20-32-18-24(36)19-33-27(37)25(17-21-13-14-22-10-7-8-11-23(22)16-21)34-28(38)26-12-9-15-35(26)29(39)31(4,5)6;/h7-8,10-11,13-14,16,24-26,32,36H,9,12,15,17-20H2,1-6H3,(H,33,37)(H,34,38);1H/t24-,25+,26-;/m0./s1. The maximum atomic E-state index is 13.4. The van der Waals surface area contributed by atoms with Crippen molar-refractivity contribution in [1.29, 1.82) is 0 Å². The maximum absolute atomic E-state index is 13.4. The van der Waals surface area contributed by atoms with Crippen molar-refractivity contribution < 1.29 is 19.5 Å². The van der Waals surface area contributed by atoms with Crippen LogP contribution >= 0.6 is 12.4 Å². The van der Waals surface area contributed by atoms with Crippen LogP contribution in [0.3, 0.4) is 0 Å². The quantitative estimate of drug-likeness (QED) is 0.347. The van der Waals surface area contributed by atoms with E-state index < -0.39 is 23.6 Å². The molecule has 0 bridgehead atoms. The van der Waals surface area contributed by atoms with Crippen molar-refractivity contribution in [2.75, 3.05) is 26.2 Å². The van der Waals surface area contributed by atoms with Gasteiger partial charge in [-0.25, -0.2) is 0 Å². The Morgan fingerprint density at radius 3 is 2.33 bits per heavy atom. The second-order valence-corrected chi connectivity index (χ2v) is 12.9. The van der Waals surface area contributed by atoms with Crippen molar-refractivity contribution >= 4 is 40.9 Å². The number of fused-ring (bicyclic) bond motifs is 1. The number of carbonyl (C=O) groups excluding carboxylic acids is 3. The minimum Gasteiger partial charge on any atom is -0.390 e. The van der Waals surface area contributed by atoms with Crippen LogP contribution in [0.5, 0.6) is 0 Å². The van der Waals surface area contributed by atoms with Crippen molar-refractivity contribution in [3.63, 3.8) is 0 Å². The molecule has 0 aliphatic carbocycles. The van der Waals surface area contributed by atoms with Gasteiger partial charge >= 0.3 is 0 Å². The van der Waals surface area contributed by atoms with Gasteiger partial charge in [-0.05, 0) is 34.6 Å². The first-order chi connectivity index (χ1) is 18.2. The molecule has 3 rings (SSSR count). The summed E-state index contributed by atoms with van der Waals surface area (Å²) in [6.07, 6.45) is 0.842. The molecule has 1 aliphatic rings. The molecule has 9 heteroatoms. The number of rotatable bonds is 10. The molecule has 0 aromatic heterocycles. The molecule has 0 spiro atoms. The molecular formula is C31H47ClN4O4. The number of halogens is 1. The highest BCUT2D eigenvalue weighted by molar-refractivity contribution is 5.93. The summed E-state index contributed by atoms with van der Waals surface area (Å²) in [5.41, 5.74) is 0.401. The van der Waals surface area contributed by atoms with Crippen LogP contribution in [-0.2, 0) is 20.8 Å². The lowest BCUT2D eigenvalue weighted by atomic mass is 9.94. The number of aliphatic hydroxyl groups is 1. The van der Waals surface area contributed by atoms with Crippen LogP contribution in [0.4, 0.5) is 0 Å². The van der Waals surface area contributed by atoms with E-state index in [4.69, 9.17) is 0 Å². The van der Waals surface area contributed by atoms with E-state index >= 15 is 0 Å². The van der Waals surface area contributed by atoms with E-state index in [2.05, 4.69) is 36.7 Å². The molecule has 1 heterocycles. The molecule has 0 unspecified atom stereocenters. The Bertz CT molecular complexity index is 1160. The Hall–Kier alpha value is -2.68. The second kappa shape index (κ2) is 14.3. The SMILES string of the molecule is CC(C)(C)CNC[C@H](O)CNC(=O)[C@@H](Cc1ccc2ccccc2c1)NC(=O)[C@@H]1CCCN1C(=O)C(C)(C)C.Cl. The van der Waals surface area contributed by atoms with Crippen LogP contribution in [0, 0.1) is 10.8 Å². The number of hydrogen-bond acceptors (Lipinski definition) is 5. The Balaban J connectivity index is 0.00000560. The van der Waals surface area contributed by atoms with E-state index in [9.17, 15) is 19.5 Å². The van der Waals surface area contributed by atoms with E-state index in [-0.39, 0.29) is 42.1 Å². The van der Waals surface area contributed by atoms with Crippen LogP contribution in [-0.4, -0.2) is 72.1 Å². The fourth-order valence-corrected chi connectivity index (χ4v) is 4.82. The monoisotopic (exact) mass is 574 g/mol. The molecule has 2 aromatic carbocycles. The van der Waals surface area contributed by atoms with Gasteiger partial charge in [0.05, 0.1) is 6.10 Å². The average molecular weight is 575 g/mol. The van der Waals surface area contributed by atoms with Crippen molar-refractivity contribution in [1.82, 2.24) is 20.9 Å². The van der Waals surface area contributed by atoms with Crippen molar-refractivity contribution in [2.45, 2.75) is 79.0 Å². The summed E-state index contributed by atoms with van der Waals surface area (Å²) in [6.45, 7) is 13.6. The highest BCUT2D eigenvalue weighted by Crippen LogP contribution is 2.26. The molecule has 4 N–H and O–H groups in total. The third-order valence-electron chi connectivity index (χ3n) is 6.89. The van der Waals surface area contributed by atoms with Crippen molar-refractivity contribution in [3.05, 3.63) is 48.0 Å². The van der Waals surface area contributed by atoms with Gasteiger partial charge in [-0.3, -0.25) is 14.4 Å². The van der Waals surface area contributed by atoms with Crippen molar-refractivity contribution in [2.24, 2.45) is 10.8 Å². The molecule has 3 atom stereocenters. The number of amides is 3. The van der Waals surface area contributed by atoms with Gasteiger partial charge in [0, 0.05) is 38.0 Å². The summed E-state index contributed by atoms with van der Waals surface area (Å²) in [7, 11) is 0. The molecule has 8 nitrogen and oxygen atoms in total. The van der Waals surface area contributed by atoms with Gasteiger partial charge in [0.1, 0.15) is 12.1 Å². The minimum atomic E-state index is -0.847. The van der Waals surface area contributed by atoms with E-state index in [0.717, 1.165) is 29.3 Å². The third kappa shape index (κ3) is 9.75. The fraction of sp³-hybridized carbons (Fsp3) is 0.581. The Morgan fingerprint density at radius 2 is 1.68 bits per heavy atom. The van der Waals surface area contributed by atoms with Crippen LogP contribution in [0.1, 0.15) is 59.9 Å². The minimum absolute atomic E-state index is 0. The molecule has 2 aromatic rings. The van der Waals surface area contributed by atoms with Gasteiger partial charge in [-0.15, -0.1) is 12.4 Å². The normalized spacial score (nSPS) is 17.2. The van der Waals surface area contributed by atoms with Crippen LogP contribution in [0.25, 0.3) is 10.8 Å². The zero-order valence-corrected chi connectivity index (χ0v) is 25.6. The Labute approximate surface area is 245 Å². The number of hydrogen-bond donors (Lipinski definition) is 4. The molecule has 0 radical (unpaired) electrons. The lowest BCUT2D eigenvalue weighted by molar-refractivity contribution is -0.145. The average Bonchev–Trinajstić information content (AvgIpc) is 3.35. The summed E-state index contributed by atoms with van der Waals surface area (Å²) in [5, 5.41) is 21.5. The largest absolute Gasteiger partial charge is 0.390 e. The summed E-state index contributed by atoms with van der Waals surface area (Å²) in [5.74, 6) is -0.752. The Kier molecular flexibility index (Phi) is 12.0. The van der Waals surface area contributed by atoms with E-state index in [0.29, 0.717) is 25.9 Å². The molecule has 1 saturated heterocycles. The second-order valence-electron chi connectivity index (χ2n) is 12.9. The zero-order valence-electron chi connectivity index (χ0n) is 24.8. The first-order valence-corrected chi connectivity index (χ1v) is 14.0. The summed E-state index contributed by atoms with van der Waals surface area (Å²) < 4.78 is 0. The molecule has 1 fully saturated rings.